The van der Waals surface area contributed by atoms with Crippen LogP contribution in [0.4, 0.5) is 0 Å². The van der Waals surface area contributed by atoms with Crippen LogP contribution in [-0.2, 0) is 0 Å². The first-order valence-electron chi connectivity index (χ1n) is 10.4. The van der Waals surface area contributed by atoms with Crippen molar-refractivity contribution in [2.45, 2.75) is 20.8 Å². The predicted octanol–water partition coefficient (Wildman–Crippen LogP) is 4.59. The first kappa shape index (κ1) is 20.6. The Morgan fingerprint density at radius 1 is 1.03 bits per heavy atom. The van der Waals surface area contributed by atoms with E-state index in [1.165, 1.54) is 5.56 Å². The first-order chi connectivity index (χ1) is 14.5. The van der Waals surface area contributed by atoms with E-state index in [0.717, 1.165) is 49.5 Å². The number of aryl methyl sites for hydroxylation is 2. The van der Waals surface area contributed by atoms with Gasteiger partial charge in [-0.15, -0.1) is 0 Å². The number of likely N-dealkylation sites (N-methyl/N-ethyl adjacent to an activating group) is 1. The number of hydrogen-bond donors (Lipinski definition) is 0. The summed E-state index contributed by atoms with van der Waals surface area (Å²) in [5.74, 6) is 0.0107. The lowest BCUT2D eigenvalue weighted by Crippen LogP contribution is -2.48. The maximum atomic E-state index is 13.5. The van der Waals surface area contributed by atoms with Gasteiger partial charge >= 0.3 is 0 Å². The second kappa shape index (κ2) is 8.62. The number of amides is 1. The van der Waals surface area contributed by atoms with E-state index >= 15 is 0 Å². The van der Waals surface area contributed by atoms with Crippen LogP contribution < -0.4 is 0 Å². The maximum absolute atomic E-state index is 13.5. The Kier molecular flexibility index (Phi) is 5.93. The Balaban J connectivity index is 1.78. The molecule has 0 atom stereocenters. The van der Waals surface area contributed by atoms with Gasteiger partial charge in [-0.2, -0.15) is 5.10 Å². The molecule has 0 N–H and O–H groups in total. The number of halogens is 1. The van der Waals surface area contributed by atoms with Crippen LogP contribution in [0.2, 0.25) is 5.02 Å². The Morgan fingerprint density at radius 3 is 2.43 bits per heavy atom. The zero-order chi connectivity index (χ0) is 21.3. The minimum atomic E-state index is 0.0107. The minimum Gasteiger partial charge on any atom is -0.335 e. The highest BCUT2D eigenvalue weighted by Gasteiger charge is 2.26. The summed E-state index contributed by atoms with van der Waals surface area (Å²) in [5.41, 5.74) is 5.27. The number of hydrogen-bond acceptors (Lipinski definition) is 3. The number of piperazine rings is 1. The van der Waals surface area contributed by atoms with Gasteiger partial charge in [0.2, 0.25) is 0 Å². The van der Waals surface area contributed by atoms with Gasteiger partial charge in [-0.3, -0.25) is 4.79 Å². The number of carbonyl (C=O) groups excluding carboxylic acids is 1. The molecule has 0 spiro atoms. The number of aromatic nitrogens is 2. The average molecular weight is 423 g/mol. The molecule has 1 aromatic heterocycles. The topological polar surface area (TPSA) is 41.4 Å². The second-order valence-electron chi connectivity index (χ2n) is 7.82. The molecule has 3 aromatic rings. The second-order valence-corrected chi connectivity index (χ2v) is 8.23. The highest BCUT2D eigenvalue weighted by molar-refractivity contribution is 6.33. The van der Waals surface area contributed by atoms with Crippen molar-refractivity contribution in [1.82, 2.24) is 19.6 Å². The zero-order valence-corrected chi connectivity index (χ0v) is 18.5. The fourth-order valence-corrected chi connectivity index (χ4v) is 4.22. The first-order valence-corrected chi connectivity index (χ1v) is 10.8. The van der Waals surface area contributed by atoms with E-state index in [9.17, 15) is 4.79 Å². The largest absolute Gasteiger partial charge is 0.335 e. The number of benzene rings is 2. The van der Waals surface area contributed by atoms with E-state index in [1.807, 2.05) is 54.3 Å². The molecule has 1 saturated heterocycles. The molecule has 5 nitrogen and oxygen atoms in total. The summed E-state index contributed by atoms with van der Waals surface area (Å²) in [7, 11) is 0. The molecule has 0 saturated carbocycles. The molecule has 2 heterocycles. The lowest BCUT2D eigenvalue weighted by Gasteiger charge is -2.34. The van der Waals surface area contributed by atoms with Crippen LogP contribution in [0.25, 0.3) is 16.9 Å². The van der Waals surface area contributed by atoms with Crippen LogP contribution >= 0.6 is 11.6 Å². The summed E-state index contributed by atoms with van der Waals surface area (Å²) in [6.45, 7) is 10.5. The van der Waals surface area contributed by atoms with E-state index in [1.54, 1.807) is 4.68 Å². The van der Waals surface area contributed by atoms with E-state index in [-0.39, 0.29) is 5.91 Å². The quantitative estimate of drug-likeness (QED) is 0.617. The average Bonchev–Trinajstić information content (AvgIpc) is 3.18. The minimum absolute atomic E-state index is 0.0107. The van der Waals surface area contributed by atoms with Gasteiger partial charge in [0.25, 0.3) is 5.91 Å². The molecule has 0 bridgehead atoms. The Hall–Kier alpha value is -2.63. The van der Waals surface area contributed by atoms with Crippen LogP contribution in [0.3, 0.4) is 0 Å². The Bertz CT molecular complexity index is 1070. The summed E-state index contributed by atoms with van der Waals surface area (Å²) < 4.78 is 1.78. The molecule has 1 amide bonds. The lowest BCUT2D eigenvalue weighted by molar-refractivity contribution is 0.0634. The van der Waals surface area contributed by atoms with E-state index < -0.39 is 0 Å². The SMILES string of the molecule is CCN1CCN(C(=O)c2cc(-c3ccccc3Cl)nn2-c2ccc(C)cc2C)CC1. The highest BCUT2D eigenvalue weighted by Crippen LogP contribution is 2.29. The van der Waals surface area contributed by atoms with Crippen molar-refractivity contribution in [3.8, 4) is 16.9 Å². The molecule has 156 valence electrons. The molecule has 1 aliphatic heterocycles. The Morgan fingerprint density at radius 2 is 1.77 bits per heavy atom. The smallest absolute Gasteiger partial charge is 0.272 e. The maximum Gasteiger partial charge on any atom is 0.272 e. The van der Waals surface area contributed by atoms with Crippen LogP contribution in [0.5, 0.6) is 0 Å². The Labute approximate surface area is 182 Å². The summed E-state index contributed by atoms with van der Waals surface area (Å²) in [5, 5.41) is 5.45. The third kappa shape index (κ3) is 4.00. The molecule has 0 aliphatic carbocycles. The molecule has 2 aromatic carbocycles. The van der Waals surface area contributed by atoms with Gasteiger partial charge in [0.15, 0.2) is 0 Å². The molecule has 0 radical (unpaired) electrons. The van der Waals surface area contributed by atoms with Crippen molar-refractivity contribution in [1.29, 1.82) is 0 Å². The van der Waals surface area contributed by atoms with E-state index in [4.69, 9.17) is 16.7 Å². The van der Waals surface area contributed by atoms with Crippen LogP contribution in [0, 0.1) is 13.8 Å². The lowest BCUT2D eigenvalue weighted by atomic mass is 10.1. The van der Waals surface area contributed by atoms with Gasteiger partial charge < -0.3 is 9.80 Å². The van der Waals surface area contributed by atoms with Crippen molar-refractivity contribution < 1.29 is 4.79 Å². The monoisotopic (exact) mass is 422 g/mol. The van der Waals surface area contributed by atoms with Crippen LogP contribution in [-0.4, -0.2) is 58.2 Å². The predicted molar refractivity (Wildman–Crippen MR) is 122 cm³/mol. The van der Waals surface area contributed by atoms with E-state index in [0.29, 0.717) is 16.4 Å². The van der Waals surface area contributed by atoms with Gasteiger partial charge in [-0.05, 0) is 44.2 Å². The summed E-state index contributed by atoms with van der Waals surface area (Å²) in [4.78, 5) is 17.8. The summed E-state index contributed by atoms with van der Waals surface area (Å²) in [6.07, 6.45) is 0. The fraction of sp³-hybridized carbons (Fsp3) is 0.333. The molecule has 1 aliphatic rings. The zero-order valence-electron chi connectivity index (χ0n) is 17.7. The van der Waals surface area contributed by atoms with Gasteiger partial charge in [0.1, 0.15) is 5.69 Å². The molecular weight excluding hydrogens is 396 g/mol. The molecule has 30 heavy (non-hydrogen) atoms. The molecular formula is C24H27ClN4O. The third-order valence-corrected chi connectivity index (χ3v) is 6.10. The summed E-state index contributed by atoms with van der Waals surface area (Å²) in [6, 6.07) is 15.7. The van der Waals surface area contributed by atoms with Crippen LogP contribution in [0.1, 0.15) is 28.5 Å². The number of rotatable bonds is 4. The van der Waals surface area contributed by atoms with Crippen molar-refractivity contribution in [2.24, 2.45) is 0 Å². The highest BCUT2D eigenvalue weighted by atomic mass is 35.5. The van der Waals surface area contributed by atoms with Gasteiger partial charge in [-0.25, -0.2) is 4.68 Å². The molecule has 6 heteroatoms. The van der Waals surface area contributed by atoms with Crippen LogP contribution in [0.15, 0.2) is 48.5 Å². The van der Waals surface area contributed by atoms with Gasteiger partial charge in [0.05, 0.1) is 16.4 Å². The van der Waals surface area contributed by atoms with Gasteiger partial charge in [-0.1, -0.05) is 54.4 Å². The summed E-state index contributed by atoms with van der Waals surface area (Å²) >= 11 is 6.43. The molecule has 4 rings (SSSR count). The fourth-order valence-electron chi connectivity index (χ4n) is 3.99. The van der Waals surface area contributed by atoms with Crippen molar-refractivity contribution in [3.63, 3.8) is 0 Å². The van der Waals surface area contributed by atoms with Gasteiger partial charge in [0, 0.05) is 31.7 Å². The van der Waals surface area contributed by atoms with E-state index in [2.05, 4.69) is 24.8 Å². The standard InChI is InChI=1S/C24H27ClN4O/c1-4-27-11-13-28(14-12-27)24(30)23-16-21(19-7-5-6-8-20(19)25)26-29(23)22-10-9-17(2)15-18(22)3/h5-10,15-16H,4,11-14H2,1-3H3. The van der Waals surface area contributed by atoms with Crippen molar-refractivity contribution in [3.05, 3.63) is 70.4 Å². The molecule has 0 unspecified atom stereocenters. The molecule has 1 fully saturated rings. The third-order valence-electron chi connectivity index (χ3n) is 5.77. The number of carbonyl (C=O) groups is 1. The number of nitrogens with zero attached hydrogens (tertiary/aromatic N) is 4. The van der Waals surface area contributed by atoms with Crippen molar-refractivity contribution in [2.75, 3.05) is 32.7 Å². The van der Waals surface area contributed by atoms with Crippen molar-refractivity contribution >= 4 is 17.5 Å². The normalized spacial score (nSPS) is 14.9.